The Balaban J connectivity index is 1.63. The first-order chi connectivity index (χ1) is 14.5. The number of para-hydroxylation sites is 3. The smallest absolute Gasteiger partial charge is 0.158 e. The van der Waals surface area contributed by atoms with Crippen LogP contribution in [0.4, 0.5) is 11.4 Å². The molecule has 1 N–H and O–H groups in total. The second-order valence-corrected chi connectivity index (χ2v) is 9.76. The Hall–Kier alpha value is -2.74. The maximum absolute atomic E-state index is 6.60. The lowest BCUT2D eigenvalue weighted by atomic mass is 9.83. The molecule has 1 aliphatic carbocycles. The molecule has 0 aliphatic heterocycles. The molecule has 1 aromatic heterocycles. The molecule has 0 unspecified atom stereocenters. The second-order valence-electron chi connectivity index (χ2n) is 9.76. The van der Waals surface area contributed by atoms with E-state index in [1.165, 1.54) is 54.0 Å². The van der Waals surface area contributed by atoms with E-state index < -0.39 is 0 Å². The van der Waals surface area contributed by atoms with E-state index in [0.29, 0.717) is 5.92 Å². The number of fused-ring (bicyclic) bond motifs is 3. The first-order valence-corrected chi connectivity index (χ1v) is 11.3. The highest BCUT2D eigenvalue weighted by molar-refractivity contribution is 6.10. The normalized spacial score (nSPS) is 15.7. The van der Waals surface area contributed by atoms with Crippen molar-refractivity contribution in [3.05, 3.63) is 71.8 Å². The predicted octanol–water partition coefficient (Wildman–Crippen LogP) is 8.67. The van der Waals surface area contributed by atoms with Gasteiger partial charge in [-0.15, -0.1) is 0 Å². The summed E-state index contributed by atoms with van der Waals surface area (Å²) in [6, 6.07) is 21.7. The highest BCUT2D eigenvalue weighted by Crippen LogP contribution is 2.42. The van der Waals surface area contributed by atoms with Crippen LogP contribution in [0.2, 0.25) is 0 Å². The molecule has 0 amide bonds. The van der Waals surface area contributed by atoms with Gasteiger partial charge in [-0.25, -0.2) is 0 Å². The van der Waals surface area contributed by atoms with Crippen molar-refractivity contribution >= 4 is 33.3 Å². The van der Waals surface area contributed by atoms with E-state index in [9.17, 15) is 0 Å². The average molecular weight is 398 g/mol. The van der Waals surface area contributed by atoms with Crippen molar-refractivity contribution in [1.29, 1.82) is 0 Å². The summed E-state index contributed by atoms with van der Waals surface area (Å²) in [5.41, 5.74) is 6.99. The summed E-state index contributed by atoms with van der Waals surface area (Å²) in [6.07, 6.45) is 6.59. The minimum atomic E-state index is 0.0690. The molecule has 0 saturated heterocycles. The van der Waals surface area contributed by atoms with Gasteiger partial charge in [-0.05, 0) is 47.4 Å². The van der Waals surface area contributed by atoms with Crippen molar-refractivity contribution < 1.29 is 4.42 Å². The maximum Gasteiger partial charge on any atom is 0.158 e. The van der Waals surface area contributed by atoms with Crippen LogP contribution in [0, 0.1) is 0 Å². The van der Waals surface area contributed by atoms with E-state index in [4.69, 9.17) is 4.42 Å². The first kappa shape index (κ1) is 19.2. The van der Waals surface area contributed by atoms with E-state index in [1.54, 1.807) is 0 Å². The zero-order chi connectivity index (χ0) is 20.7. The third kappa shape index (κ3) is 3.39. The van der Waals surface area contributed by atoms with E-state index in [-0.39, 0.29) is 5.41 Å². The van der Waals surface area contributed by atoms with Crippen LogP contribution < -0.4 is 5.32 Å². The van der Waals surface area contributed by atoms with Crippen LogP contribution in [0.25, 0.3) is 21.9 Å². The van der Waals surface area contributed by atoms with Gasteiger partial charge in [-0.1, -0.05) is 88.6 Å². The lowest BCUT2D eigenvalue weighted by Gasteiger charge is -2.23. The lowest BCUT2D eigenvalue weighted by molar-refractivity contribution is 0.442. The molecule has 30 heavy (non-hydrogen) atoms. The summed E-state index contributed by atoms with van der Waals surface area (Å²) in [7, 11) is 0. The third-order valence-corrected chi connectivity index (χ3v) is 6.60. The molecular formula is C28H31NO. The van der Waals surface area contributed by atoms with Gasteiger partial charge >= 0.3 is 0 Å². The van der Waals surface area contributed by atoms with Gasteiger partial charge in [-0.3, -0.25) is 0 Å². The summed E-state index contributed by atoms with van der Waals surface area (Å²) < 4.78 is 6.60. The molecule has 2 nitrogen and oxygen atoms in total. The SMILES string of the molecule is CC(C)(C)c1ccccc1Nc1cccc2c1oc1c(C3CCCCC3)cccc12. The third-order valence-electron chi connectivity index (χ3n) is 6.60. The van der Waals surface area contributed by atoms with Crippen LogP contribution >= 0.6 is 0 Å². The Morgan fingerprint density at radius 3 is 2.17 bits per heavy atom. The fraction of sp³-hybridized carbons (Fsp3) is 0.357. The average Bonchev–Trinajstić information content (AvgIpc) is 3.14. The summed E-state index contributed by atoms with van der Waals surface area (Å²) in [4.78, 5) is 0. The van der Waals surface area contributed by atoms with Gasteiger partial charge in [0.25, 0.3) is 0 Å². The Kier molecular flexibility index (Phi) is 4.81. The minimum absolute atomic E-state index is 0.0690. The van der Waals surface area contributed by atoms with Crippen molar-refractivity contribution in [3.8, 4) is 0 Å². The lowest BCUT2D eigenvalue weighted by Crippen LogP contribution is -2.13. The van der Waals surface area contributed by atoms with Crippen molar-refractivity contribution in [1.82, 2.24) is 0 Å². The quantitative estimate of drug-likeness (QED) is 0.374. The van der Waals surface area contributed by atoms with Gasteiger partial charge < -0.3 is 9.73 Å². The summed E-state index contributed by atoms with van der Waals surface area (Å²) in [5.74, 6) is 0.626. The van der Waals surface area contributed by atoms with Gasteiger partial charge in [0, 0.05) is 16.5 Å². The van der Waals surface area contributed by atoms with Crippen molar-refractivity contribution in [2.45, 2.75) is 64.2 Å². The van der Waals surface area contributed by atoms with Crippen LogP contribution in [0.1, 0.15) is 69.9 Å². The number of hydrogen-bond donors (Lipinski definition) is 1. The van der Waals surface area contributed by atoms with E-state index >= 15 is 0 Å². The fourth-order valence-electron chi connectivity index (χ4n) is 5.07. The van der Waals surface area contributed by atoms with E-state index in [0.717, 1.165) is 22.5 Å². The molecule has 3 aromatic carbocycles. The van der Waals surface area contributed by atoms with Crippen LogP contribution in [0.5, 0.6) is 0 Å². The summed E-state index contributed by atoms with van der Waals surface area (Å²) in [5, 5.41) is 6.12. The summed E-state index contributed by atoms with van der Waals surface area (Å²) in [6.45, 7) is 6.77. The van der Waals surface area contributed by atoms with Crippen molar-refractivity contribution in [3.63, 3.8) is 0 Å². The van der Waals surface area contributed by atoms with Crippen LogP contribution in [-0.2, 0) is 5.41 Å². The number of furan rings is 1. The van der Waals surface area contributed by atoms with Crippen LogP contribution in [0.15, 0.2) is 65.1 Å². The van der Waals surface area contributed by atoms with E-state index in [2.05, 4.69) is 86.8 Å². The van der Waals surface area contributed by atoms with Crippen LogP contribution in [0.3, 0.4) is 0 Å². The molecule has 5 rings (SSSR count). The molecule has 1 aliphatic rings. The van der Waals surface area contributed by atoms with Crippen molar-refractivity contribution in [2.75, 3.05) is 5.32 Å². The van der Waals surface area contributed by atoms with Gasteiger partial charge in [0.1, 0.15) is 5.58 Å². The maximum atomic E-state index is 6.60. The molecule has 4 aromatic rings. The molecule has 0 bridgehead atoms. The minimum Gasteiger partial charge on any atom is -0.454 e. The topological polar surface area (TPSA) is 25.2 Å². The molecule has 1 fully saturated rings. The number of benzene rings is 3. The zero-order valence-electron chi connectivity index (χ0n) is 18.3. The Morgan fingerprint density at radius 2 is 1.40 bits per heavy atom. The molecular weight excluding hydrogens is 366 g/mol. The zero-order valence-corrected chi connectivity index (χ0v) is 18.3. The molecule has 154 valence electrons. The number of hydrogen-bond acceptors (Lipinski definition) is 2. The molecule has 0 spiro atoms. The van der Waals surface area contributed by atoms with Gasteiger partial charge in [0.05, 0.1) is 5.69 Å². The number of rotatable bonds is 3. The molecule has 1 heterocycles. The Labute approximate surface area is 179 Å². The van der Waals surface area contributed by atoms with Crippen molar-refractivity contribution in [2.24, 2.45) is 0 Å². The fourth-order valence-corrected chi connectivity index (χ4v) is 5.07. The van der Waals surface area contributed by atoms with Crippen LogP contribution in [-0.4, -0.2) is 0 Å². The molecule has 1 saturated carbocycles. The van der Waals surface area contributed by atoms with Gasteiger partial charge in [0.2, 0.25) is 0 Å². The van der Waals surface area contributed by atoms with Gasteiger partial charge in [0.15, 0.2) is 5.58 Å². The van der Waals surface area contributed by atoms with Gasteiger partial charge in [-0.2, -0.15) is 0 Å². The number of nitrogens with one attached hydrogen (secondary N) is 1. The predicted molar refractivity (Wildman–Crippen MR) is 128 cm³/mol. The molecule has 0 atom stereocenters. The van der Waals surface area contributed by atoms with E-state index in [1.807, 2.05) is 0 Å². The highest BCUT2D eigenvalue weighted by atomic mass is 16.3. The Bertz CT molecular complexity index is 1190. The monoisotopic (exact) mass is 397 g/mol. The Morgan fingerprint density at radius 1 is 0.733 bits per heavy atom. The standard InChI is InChI=1S/C28H31NO/c1-28(2,3)23-16-7-8-17-24(23)29-25-18-10-15-22-21-14-9-13-20(26(21)30-27(22)25)19-11-5-4-6-12-19/h7-10,13-19,29H,4-6,11-12H2,1-3H3. The first-order valence-electron chi connectivity index (χ1n) is 11.3. The highest BCUT2D eigenvalue weighted by Gasteiger charge is 2.22. The molecule has 2 heteroatoms. The largest absolute Gasteiger partial charge is 0.454 e. The molecule has 0 radical (unpaired) electrons. The number of anilines is 2. The summed E-state index contributed by atoms with van der Waals surface area (Å²) >= 11 is 0. The second kappa shape index (κ2) is 7.50.